The van der Waals surface area contributed by atoms with Gasteiger partial charge in [0.15, 0.2) is 0 Å². The maximum atomic E-state index is 11.5. The first-order valence-electron chi connectivity index (χ1n) is 6.77. The van der Waals surface area contributed by atoms with Crippen molar-refractivity contribution in [1.82, 2.24) is 0 Å². The smallest absolute Gasteiger partial charge is 0.147 e. The zero-order chi connectivity index (χ0) is 12.9. The Kier molecular flexibility index (Phi) is 5.10. The zero-order valence-corrected chi connectivity index (χ0v) is 11.3. The summed E-state index contributed by atoms with van der Waals surface area (Å²) in [6.07, 6.45) is 10.1. The van der Waals surface area contributed by atoms with Crippen LogP contribution in [0.5, 0.6) is 0 Å². The van der Waals surface area contributed by atoms with E-state index in [0.29, 0.717) is 6.42 Å². The minimum atomic E-state index is -0.705. The second-order valence-electron chi connectivity index (χ2n) is 5.13. The van der Waals surface area contributed by atoms with E-state index in [1.54, 1.807) is 0 Å². The molecule has 0 heterocycles. The first-order chi connectivity index (χ1) is 8.05. The molecule has 0 bridgehead atoms. The number of hydrogen-bond donors (Lipinski definition) is 0. The van der Waals surface area contributed by atoms with Gasteiger partial charge in [0.1, 0.15) is 17.0 Å². The second-order valence-corrected chi connectivity index (χ2v) is 5.13. The van der Waals surface area contributed by atoms with E-state index in [2.05, 4.69) is 13.0 Å². The third-order valence-electron chi connectivity index (χ3n) is 3.78. The van der Waals surface area contributed by atoms with Crippen molar-refractivity contribution in [3.05, 3.63) is 11.6 Å². The van der Waals surface area contributed by atoms with Gasteiger partial charge in [-0.3, -0.25) is 9.59 Å². The molecule has 0 spiro atoms. The van der Waals surface area contributed by atoms with E-state index in [1.807, 2.05) is 0 Å². The Morgan fingerprint density at radius 1 is 1.12 bits per heavy atom. The van der Waals surface area contributed by atoms with Crippen molar-refractivity contribution in [2.75, 3.05) is 0 Å². The third-order valence-corrected chi connectivity index (χ3v) is 3.78. The van der Waals surface area contributed by atoms with Crippen LogP contribution in [0, 0.1) is 5.41 Å². The molecule has 0 saturated heterocycles. The molecule has 0 aromatic heterocycles. The van der Waals surface area contributed by atoms with Crippen molar-refractivity contribution < 1.29 is 9.59 Å². The van der Waals surface area contributed by atoms with Gasteiger partial charge in [-0.15, -0.1) is 0 Å². The first-order valence-corrected chi connectivity index (χ1v) is 6.77. The molecule has 0 aromatic carbocycles. The lowest BCUT2D eigenvalue weighted by Gasteiger charge is -2.04. The maximum Gasteiger partial charge on any atom is 0.147 e. The molecule has 0 unspecified atom stereocenters. The molecule has 0 amide bonds. The predicted molar refractivity (Wildman–Crippen MR) is 69.9 cm³/mol. The van der Waals surface area contributed by atoms with Crippen LogP contribution in [0.1, 0.15) is 65.7 Å². The Morgan fingerprint density at radius 3 is 2.18 bits per heavy atom. The number of rotatable bonds is 8. The highest BCUT2D eigenvalue weighted by molar-refractivity contribution is 6.13. The lowest BCUT2D eigenvalue weighted by molar-refractivity contribution is -0.131. The van der Waals surface area contributed by atoms with Crippen LogP contribution in [0.2, 0.25) is 0 Å². The molecule has 1 aliphatic rings. The predicted octanol–water partition coefficient (Wildman–Crippen LogP) is 3.84. The van der Waals surface area contributed by atoms with Crippen molar-refractivity contribution in [1.29, 1.82) is 0 Å². The number of hydrogen-bond acceptors (Lipinski definition) is 2. The lowest BCUT2D eigenvalue weighted by atomic mass is 9.96. The summed E-state index contributed by atoms with van der Waals surface area (Å²) >= 11 is 0. The minimum absolute atomic E-state index is 0.0160. The summed E-state index contributed by atoms with van der Waals surface area (Å²) in [4.78, 5) is 23.0. The van der Waals surface area contributed by atoms with E-state index in [0.717, 1.165) is 12.0 Å². The van der Waals surface area contributed by atoms with E-state index in [9.17, 15) is 9.59 Å². The van der Waals surface area contributed by atoms with Crippen LogP contribution in [0.4, 0.5) is 0 Å². The van der Waals surface area contributed by atoms with E-state index < -0.39 is 5.41 Å². The average Bonchev–Trinajstić information content (AvgIpc) is 2.99. The van der Waals surface area contributed by atoms with Crippen LogP contribution in [-0.2, 0) is 9.59 Å². The van der Waals surface area contributed by atoms with Crippen molar-refractivity contribution >= 4 is 11.6 Å². The van der Waals surface area contributed by atoms with Gasteiger partial charge in [0.25, 0.3) is 0 Å². The quantitative estimate of drug-likeness (QED) is 0.364. The van der Waals surface area contributed by atoms with Crippen molar-refractivity contribution in [3.63, 3.8) is 0 Å². The van der Waals surface area contributed by atoms with Gasteiger partial charge in [-0.25, -0.2) is 0 Å². The molecule has 0 aliphatic heterocycles. The van der Waals surface area contributed by atoms with Crippen LogP contribution >= 0.6 is 0 Å². The molecule has 96 valence electrons. The maximum absolute atomic E-state index is 11.5. The number of unbranched alkanes of at least 4 members (excludes halogenated alkanes) is 5. The standard InChI is InChI=1S/C15H24O2/c1-4-5-6-7-8-9-10-14-11-15(14,12(2)16)13(3)17/h10H,4-9,11H2,1-3H3. The Hall–Kier alpha value is -0.920. The van der Waals surface area contributed by atoms with Gasteiger partial charge in [0.2, 0.25) is 0 Å². The molecule has 1 saturated carbocycles. The van der Waals surface area contributed by atoms with E-state index in [4.69, 9.17) is 0 Å². The Morgan fingerprint density at radius 2 is 1.71 bits per heavy atom. The number of ketones is 2. The van der Waals surface area contributed by atoms with Crippen LogP contribution in [-0.4, -0.2) is 11.6 Å². The fourth-order valence-corrected chi connectivity index (χ4v) is 2.46. The number of carbonyl (C=O) groups excluding carboxylic acids is 2. The van der Waals surface area contributed by atoms with Gasteiger partial charge in [-0.2, -0.15) is 0 Å². The Labute approximate surface area is 104 Å². The molecular weight excluding hydrogens is 212 g/mol. The largest absolute Gasteiger partial charge is 0.299 e. The summed E-state index contributed by atoms with van der Waals surface area (Å²) in [5.41, 5.74) is 0.358. The molecule has 2 nitrogen and oxygen atoms in total. The van der Waals surface area contributed by atoms with Crippen LogP contribution in [0.15, 0.2) is 11.6 Å². The van der Waals surface area contributed by atoms with Gasteiger partial charge < -0.3 is 0 Å². The van der Waals surface area contributed by atoms with Gasteiger partial charge in [-0.05, 0) is 33.1 Å². The van der Waals surface area contributed by atoms with Gasteiger partial charge >= 0.3 is 0 Å². The Bertz CT molecular complexity index is 312. The van der Waals surface area contributed by atoms with Gasteiger partial charge in [0.05, 0.1) is 0 Å². The molecule has 17 heavy (non-hydrogen) atoms. The third kappa shape index (κ3) is 3.27. The first kappa shape index (κ1) is 14.1. The van der Waals surface area contributed by atoms with E-state index in [-0.39, 0.29) is 11.6 Å². The number of Topliss-reactive ketones (excluding diaryl/α,β-unsaturated/α-hetero) is 2. The molecule has 0 aromatic rings. The van der Waals surface area contributed by atoms with Gasteiger partial charge in [-0.1, -0.05) is 44.3 Å². The molecule has 0 N–H and O–H groups in total. The molecule has 1 fully saturated rings. The summed E-state index contributed by atoms with van der Waals surface area (Å²) in [5, 5.41) is 0. The highest BCUT2D eigenvalue weighted by Crippen LogP contribution is 2.53. The summed E-state index contributed by atoms with van der Waals surface area (Å²) in [5.74, 6) is 0.0319. The molecular formula is C15H24O2. The van der Waals surface area contributed by atoms with Crippen LogP contribution < -0.4 is 0 Å². The number of carbonyl (C=O) groups is 2. The number of allylic oxidation sites excluding steroid dienone is 2. The molecule has 1 aliphatic carbocycles. The molecule has 0 radical (unpaired) electrons. The average molecular weight is 236 g/mol. The summed E-state index contributed by atoms with van der Waals surface area (Å²) in [7, 11) is 0. The van der Waals surface area contributed by atoms with Crippen molar-refractivity contribution in [2.45, 2.75) is 65.7 Å². The monoisotopic (exact) mass is 236 g/mol. The highest BCUT2D eigenvalue weighted by atomic mass is 16.2. The van der Waals surface area contributed by atoms with Crippen molar-refractivity contribution in [3.8, 4) is 0 Å². The summed E-state index contributed by atoms with van der Waals surface area (Å²) in [6, 6.07) is 0. The fourth-order valence-electron chi connectivity index (χ4n) is 2.46. The highest BCUT2D eigenvalue weighted by Gasteiger charge is 2.56. The zero-order valence-electron chi connectivity index (χ0n) is 11.3. The second kappa shape index (κ2) is 6.13. The molecule has 0 atom stereocenters. The lowest BCUT2D eigenvalue weighted by Crippen LogP contribution is -2.21. The van der Waals surface area contributed by atoms with Crippen LogP contribution in [0.25, 0.3) is 0 Å². The topological polar surface area (TPSA) is 34.1 Å². The summed E-state index contributed by atoms with van der Waals surface area (Å²) in [6.45, 7) is 5.27. The van der Waals surface area contributed by atoms with Crippen LogP contribution in [0.3, 0.4) is 0 Å². The minimum Gasteiger partial charge on any atom is -0.299 e. The molecule has 1 rings (SSSR count). The van der Waals surface area contributed by atoms with E-state index in [1.165, 1.54) is 46.0 Å². The van der Waals surface area contributed by atoms with E-state index >= 15 is 0 Å². The Balaban J connectivity index is 2.34. The van der Waals surface area contributed by atoms with Crippen molar-refractivity contribution in [2.24, 2.45) is 5.41 Å². The summed E-state index contributed by atoms with van der Waals surface area (Å²) < 4.78 is 0. The van der Waals surface area contributed by atoms with Gasteiger partial charge in [0, 0.05) is 0 Å². The SMILES string of the molecule is CCCCCCCC=C1CC1(C(C)=O)C(C)=O. The fraction of sp³-hybridized carbons (Fsp3) is 0.733. The molecule has 2 heteroatoms. The normalized spacial score (nSPS) is 19.4.